The van der Waals surface area contributed by atoms with E-state index in [9.17, 15) is 9.59 Å². The van der Waals surface area contributed by atoms with Gasteiger partial charge in [0, 0.05) is 11.0 Å². The van der Waals surface area contributed by atoms with Gasteiger partial charge < -0.3 is 19.5 Å². The number of ether oxygens (including phenoxy) is 3. The van der Waals surface area contributed by atoms with Gasteiger partial charge in [-0.3, -0.25) is 4.79 Å². The van der Waals surface area contributed by atoms with Gasteiger partial charge in [-0.15, -0.1) is 0 Å². The predicted molar refractivity (Wildman–Crippen MR) is 93.3 cm³/mol. The Balaban J connectivity index is 1.45. The van der Waals surface area contributed by atoms with E-state index in [1.165, 1.54) is 0 Å². The Morgan fingerprint density at radius 3 is 2.64 bits per heavy atom. The summed E-state index contributed by atoms with van der Waals surface area (Å²) in [6.07, 6.45) is -0.883. The van der Waals surface area contributed by atoms with E-state index in [1.807, 2.05) is 30.3 Å². The molecule has 1 atom stereocenters. The Labute approximate surface area is 153 Å². The molecule has 0 radical (unpaired) electrons. The first-order valence-electron chi connectivity index (χ1n) is 7.68. The van der Waals surface area contributed by atoms with Crippen LogP contribution in [0.1, 0.15) is 5.56 Å². The van der Waals surface area contributed by atoms with Crippen molar-refractivity contribution in [1.82, 2.24) is 5.32 Å². The minimum atomic E-state index is -0.883. The maximum atomic E-state index is 12.0. The maximum absolute atomic E-state index is 12.0. The molecule has 0 unspecified atom stereocenters. The number of hydrogen-bond donors (Lipinski definition) is 1. The number of carbonyl (C=O) groups is 2. The summed E-state index contributed by atoms with van der Waals surface area (Å²) in [5.74, 6) is 0.0404. The molecule has 0 aromatic heterocycles. The van der Waals surface area contributed by atoms with Crippen molar-refractivity contribution < 1.29 is 23.8 Å². The van der Waals surface area contributed by atoms with Gasteiger partial charge in [-0.05, 0) is 23.8 Å². The third-order valence-corrected chi connectivity index (χ3v) is 4.32. The lowest BCUT2D eigenvalue weighted by atomic mass is 10.2. The summed E-state index contributed by atoms with van der Waals surface area (Å²) in [5, 5.41) is 2.70. The van der Waals surface area contributed by atoms with Gasteiger partial charge in [-0.25, -0.2) is 4.79 Å². The zero-order valence-corrected chi connectivity index (χ0v) is 14.8. The second-order valence-corrected chi connectivity index (χ2v) is 6.19. The van der Waals surface area contributed by atoms with Crippen molar-refractivity contribution in [2.24, 2.45) is 0 Å². The van der Waals surface area contributed by atoms with Gasteiger partial charge in [0.1, 0.15) is 6.61 Å². The molecule has 0 saturated heterocycles. The second-order valence-electron chi connectivity index (χ2n) is 5.34. The maximum Gasteiger partial charge on any atom is 0.351 e. The monoisotopic (exact) mass is 405 g/mol. The largest absolute Gasteiger partial charge is 0.485 e. The van der Waals surface area contributed by atoms with Gasteiger partial charge in [0.05, 0.1) is 0 Å². The molecule has 7 heteroatoms. The van der Waals surface area contributed by atoms with Gasteiger partial charge in [-0.2, -0.15) is 0 Å². The van der Waals surface area contributed by atoms with E-state index in [4.69, 9.17) is 14.2 Å². The molecular formula is C18H16BrNO5. The Bertz CT molecular complexity index is 780. The molecule has 1 aliphatic heterocycles. The molecule has 0 saturated carbocycles. The zero-order chi connectivity index (χ0) is 17.6. The average molecular weight is 406 g/mol. The molecule has 25 heavy (non-hydrogen) atoms. The van der Waals surface area contributed by atoms with Crippen molar-refractivity contribution in [1.29, 1.82) is 0 Å². The number of halogens is 1. The Hall–Kier alpha value is -2.54. The molecule has 1 N–H and O–H groups in total. The quantitative estimate of drug-likeness (QED) is 0.773. The number of esters is 1. The van der Waals surface area contributed by atoms with Crippen LogP contribution < -0.4 is 14.8 Å². The van der Waals surface area contributed by atoms with Crippen LogP contribution in [0.15, 0.2) is 53.0 Å². The topological polar surface area (TPSA) is 73.9 Å². The summed E-state index contributed by atoms with van der Waals surface area (Å²) in [6.45, 7) is 0.0213. The molecule has 1 aliphatic rings. The van der Waals surface area contributed by atoms with E-state index < -0.39 is 12.1 Å². The molecule has 1 heterocycles. The number of para-hydroxylation sites is 2. The summed E-state index contributed by atoms with van der Waals surface area (Å²) >= 11 is 3.41. The smallest absolute Gasteiger partial charge is 0.351 e. The molecule has 0 aliphatic carbocycles. The van der Waals surface area contributed by atoms with Crippen LogP contribution in [0.25, 0.3) is 0 Å². The molecule has 2 aromatic carbocycles. The fraction of sp³-hybridized carbons (Fsp3) is 0.222. The highest BCUT2D eigenvalue weighted by Gasteiger charge is 2.29. The number of benzene rings is 2. The van der Waals surface area contributed by atoms with Gasteiger partial charge in [0.2, 0.25) is 6.10 Å². The molecule has 0 bridgehead atoms. The van der Waals surface area contributed by atoms with E-state index in [1.54, 1.807) is 18.2 Å². The predicted octanol–water partition coefficient (Wildman–Crippen LogP) is 2.45. The molecule has 0 spiro atoms. The molecule has 130 valence electrons. The van der Waals surface area contributed by atoms with Crippen molar-refractivity contribution in [3.63, 3.8) is 0 Å². The summed E-state index contributed by atoms with van der Waals surface area (Å²) in [7, 11) is 0. The number of rotatable bonds is 5. The summed E-state index contributed by atoms with van der Waals surface area (Å²) in [6, 6.07) is 14.6. The van der Waals surface area contributed by atoms with E-state index in [0.717, 1.165) is 10.0 Å². The van der Waals surface area contributed by atoms with Crippen molar-refractivity contribution in [2.45, 2.75) is 12.6 Å². The normalized spacial score (nSPS) is 15.3. The third kappa shape index (κ3) is 4.51. The summed E-state index contributed by atoms with van der Waals surface area (Å²) in [4.78, 5) is 23.9. The van der Waals surface area contributed by atoms with E-state index >= 15 is 0 Å². The van der Waals surface area contributed by atoms with E-state index in [2.05, 4.69) is 21.2 Å². The van der Waals surface area contributed by atoms with Gasteiger partial charge in [0.25, 0.3) is 5.91 Å². The molecule has 6 nitrogen and oxygen atoms in total. The van der Waals surface area contributed by atoms with Crippen LogP contribution in [0.5, 0.6) is 11.5 Å². The number of fused-ring (bicyclic) bond motifs is 1. The fourth-order valence-corrected chi connectivity index (χ4v) is 2.68. The molecular weight excluding hydrogens is 390 g/mol. The van der Waals surface area contributed by atoms with Crippen LogP contribution in [-0.4, -0.2) is 31.2 Å². The zero-order valence-electron chi connectivity index (χ0n) is 13.2. The standard InChI is InChI=1S/C18H16BrNO5/c19-13-6-2-1-5-12(13)9-20-17(21)11-24-18(22)16-10-23-14-7-3-4-8-15(14)25-16/h1-8,16H,9-11H2,(H,20,21)/t16-/m0/s1. The van der Waals surface area contributed by atoms with Crippen molar-refractivity contribution in [3.8, 4) is 11.5 Å². The van der Waals surface area contributed by atoms with Crippen molar-refractivity contribution >= 4 is 27.8 Å². The first-order chi connectivity index (χ1) is 12.1. The van der Waals surface area contributed by atoms with Crippen LogP contribution in [0.2, 0.25) is 0 Å². The summed E-state index contributed by atoms with van der Waals surface area (Å²) < 4.78 is 16.9. The fourth-order valence-electron chi connectivity index (χ4n) is 2.25. The van der Waals surface area contributed by atoms with Crippen LogP contribution >= 0.6 is 15.9 Å². The lowest BCUT2D eigenvalue weighted by Crippen LogP contribution is -2.39. The van der Waals surface area contributed by atoms with Crippen molar-refractivity contribution in [2.75, 3.05) is 13.2 Å². The summed E-state index contributed by atoms with van der Waals surface area (Å²) in [5.41, 5.74) is 0.933. The van der Waals surface area contributed by atoms with Crippen LogP contribution in [-0.2, 0) is 20.9 Å². The Morgan fingerprint density at radius 1 is 1.12 bits per heavy atom. The van der Waals surface area contributed by atoms with Gasteiger partial charge in [-0.1, -0.05) is 46.3 Å². The lowest BCUT2D eigenvalue weighted by Gasteiger charge is -2.24. The highest BCUT2D eigenvalue weighted by atomic mass is 79.9. The average Bonchev–Trinajstić information content (AvgIpc) is 2.65. The second kappa shape index (κ2) is 8.02. The van der Waals surface area contributed by atoms with Crippen molar-refractivity contribution in [3.05, 3.63) is 58.6 Å². The number of hydrogen-bond acceptors (Lipinski definition) is 5. The highest BCUT2D eigenvalue weighted by Crippen LogP contribution is 2.31. The molecule has 3 rings (SSSR count). The number of carbonyl (C=O) groups excluding carboxylic acids is 2. The van der Waals surface area contributed by atoms with Crippen LogP contribution in [0.3, 0.4) is 0 Å². The SMILES string of the molecule is O=C(COC(=O)[C@@H]1COc2ccccc2O1)NCc1ccccc1Br. The van der Waals surface area contributed by atoms with Gasteiger partial charge in [0.15, 0.2) is 18.1 Å². The third-order valence-electron chi connectivity index (χ3n) is 3.55. The van der Waals surface area contributed by atoms with Crippen LogP contribution in [0, 0.1) is 0 Å². The van der Waals surface area contributed by atoms with Crippen LogP contribution in [0.4, 0.5) is 0 Å². The molecule has 1 amide bonds. The molecule has 2 aromatic rings. The number of nitrogens with one attached hydrogen (secondary N) is 1. The first kappa shape index (κ1) is 17.3. The lowest BCUT2D eigenvalue weighted by molar-refractivity contribution is -0.157. The van der Waals surface area contributed by atoms with Gasteiger partial charge >= 0.3 is 5.97 Å². The first-order valence-corrected chi connectivity index (χ1v) is 8.48. The van der Waals surface area contributed by atoms with E-state index in [-0.39, 0.29) is 19.1 Å². The minimum Gasteiger partial charge on any atom is -0.485 e. The molecule has 0 fully saturated rings. The highest BCUT2D eigenvalue weighted by molar-refractivity contribution is 9.10. The Morgan fingerprint density at radius 2 is 1.84 bits per heavy atom. The minimum absolute atomic E-state index is 0.0500. The number of amides is 1. The Kier molecular flexibility index (Phi) is 5.55. The van der Waals surface area contributed by atoms with E-state index in [0.29, 0.717) is 18.0 Å².